The van der Waals surface area contributed by atoms with Crippen LogP contribution in [0.25, 0.3) is 0 Å². The first-order valence-corrected chi connectivity index (χ1v) is 7.55. The van der Waals surface area contributed by atoms with E-state index < -0.39 is 0 Å². The number of furan rings is 1. The molecule has 2 rings (SSSR count). The Labute approximate surface area is 117 Å². The van der Waals surface area contributed by atoms with Gasteiger partial charge in [-0.05, 0) is 44.7 Å². The molecule has 0 amide bonds. The van der Waals surface area contributed by atoms with Gasteiger partial charge in [0.15, 0.2) is 0 Å². The van der Waals surface area contributed by atoms with Gasteiger partial charge in [0.1, 0.15) is 5.76 Å². The number of hydrogen-bond donors (Lipinski definition) is 1. The smallest absolute Gasteiger partial charge is 0.105 e. The molecule has 1 saturated carbocycles. The highest BCUT2D eigenvalue weighted by atomic mass is 16.3. The van der Waals surface area contributed by atoms with Crippen LogP contribution in [0.1, 0.15) is 43.9 Å². The summed E-state index contributed by atoms with van der Waals surface area (Å²) in [4.78, 5) is 2.42. The molecule has 2 N–H and O–H groups in total. The lowest BCUT2D eigenvalue weighted by atomic mass is 9.78. The Morgan fingerprint density at radius 2 is 2.26 bits per heavy atom. The molecule has 0 radical (unpaired) electrons. The molecule has 0 saturated heterocycles. The topological polar surface area (TPSA) is 42.4 Å². The minimum Gasteiger partial charge on any atom is -0.469 e. The van der Waals surface area contributed by atoms with E-state index in [4.69, 9.17) is 10.2 Å². The lowest BCUT2D eigenvalue weighted by Gasteiger charge is -2.38. The molecule has 19 heavy (non-hydrogen) atoms. The minimum atomic E-state index is 0.497. The number of likely N-dealkylation sites (N-methyl/N-ethyl adjacent to an activating group) is 1. The summed E-state index contributed by atoms with van der Waals surface area (Å²) in [5, 5.41) is 0. The van der Waals surface area contributed by atoms with E-state index in [-0.39, 0.29) is 0 Å². The largest absolute Gasteiger partial charge is 0.469 e. The van der Waals surface area contributed by atoms with Crippen molar-refractivity contribution < 1.29 is 4.42 Å². The molecule has 3 atom stereocenters. The van der Waals surface area contributed by atoms with E-state index in [1.807, 2.05) is 6.92 Å². The Balaban J connectivity index is 1.98. The number of aryl methyl sites for hydroxylation is 1. The Morgan fingerprint density at radius 3 is 2.84 bits per heavy atom. The molecular formula is C16H28N2O. The highest BCUT2D eigenvalue weighted by Crippen LogP contribution is 2.32. The maximum absolute atomic E-state index is 6.05. The van der Waals surface area contributed by atoms with Crippen LogP contribution < -0.4 is 5.73 Å². The summed E-state index contributed by atoms with van der Waals surface area (Å²) in [6, 6.07) is 2.57. The summed E-state index contributed by atoms with van der Waals surface area (Å²) in [6.45, 7) is 6.10. The number of hydrogen-bond acceptors (Lipinski definition) is 3. The summed E-state index contributed by atoms with van der Waals surface area (Å²) in [5.41, 5.74) is 7.33. The predicted octanol–water partition coefficient (Wildman–Crippen LogP) is 3.17. The van der Waals surface area contributed by atoms with Crippen LogP contribution in [-0.2, 0) is 6.54 Å². The second-order valence-electron chi connectivity index (χ2n) is 6.25. The maximum atomic E-state index is 6.05. The molecule has 3 nitrogen and oxygen atoms in total. The monoisotopic (exact) mass is 264 g/mol. The van der Waals surface area contributed by atoms with Gasteiger partial charge >= 0.3 is 0 Å². The fourth-order valence-corrected chi connectivity index (χ4v) is 3.52. The molecule has 1 aromatic rings. The average Bonchev–Trinajstić information content (AvgIpc) is 2.76. The van der Waals surface area contributed by atoms with Gasteiger partial charge in [-0.3, -0.25) is 4.90 Å². The SMILES string of the molecule is Cc1occc1CN(C)C(CN)C1CCCC(C)C1. The number of nitrogens with two attached hydrogens (primary N) is 1. The third-order valence-corrected chi connectivity index (χ3v) is 4.71. The van der Waals surface area contributed by atoms with Crippen molar-refractivity contribution in [2.45, 2.75) is 52.1 Å². The first kappa shape index (κ1) is 14.6. The molecule has 0 bridgehead atoms. The molecule has 0 spiro atoms. The predicted molar refractivity (Wildman–Crippen MR) is 78.9 cm³/mol. The zero-order valence-corrected chi connectivity index (χ0v) is 12.6. The van der Waals surface area contributed by atoms with E-state index in [9.17, 15) is 0 Å². The van der Waals surface area contributed by atoms with Crippen molar-refractivity contribution in [1.29, 1.82) is 0 Å². The molecule has 0 aromatic carbocycles. The van der Waals surface area contributed by atoms with E-state index >= 15 is 0 Å². The molecular weight excluding hydrogens is 236 g/mol. The van der Waals surface area contributed by atoms with Gasteiger partial charge in [-0.2, -0.15) is 0 Å². The summed E-state index contributed by atoms with van der Waals surface area (Å²) < 4.78 is 5.38. The molecule has 1 aromatic heterocycles. The standard InChI is InChI=1S/C16H28N2O/c1-12-5-4-6-14(9-12)16(10-17)18(3)11-15-7-8-19-13(15)2/h7-8,12,14,16H,4-6,9-11,17H2,1-3H3. The van der Waals surface area contributed by atoms with Crippen molar-refractivity contribution in [3.63, 3.8) is 0 Å². The van der Waals surface area contributed by atoms with Crippen LogP contribution in [0.5, 0.6) is 0 Å². The van der Waals surface area contributed by atoms with Crippen molar-refractivity contribution in [3.05, 3.63) is 23.7 Å². The third-order valence-electron chi connectivity index (χ3n) is 4.71. The van der Waals surface area contributed by atoms with E-state index in [0.717, 1.165) is 30.7 Å². The zero-order chi connectivity index (χ0) is 13.8. The molecule has 3 heteroatoms. The van der Waals surface area contributed by atoms with Crippen molar-refractivity contribution in [1.82, 2.24) is 4.90 Å². The zero-order valence-electron chi connectivity index (χ0n) is 12.6. The van der Waals surface area contributed by atoms with E-state index in [0.29, 0.717) is 6.04 Å². The van der Waals surface area contributed by atoms with Gasteiger partial charge in [-0.1, -0.05) is 19.8 Å². The quantitative estimate of drug-likeness (QED) is 0.888. The van der Waals surface area contributed by atoms with E-state index in [1.165, 1.54) is 31.2 Å². The Hall–Kier alpha value is -0.800. The van der Waals surface area contributed by atoms with Crippen LogP contribution in [-0.4, -0.2) is 24.5 Å². The van der Waals surface area contributed by atoms with Crippen LogP contribution >= 0.6 is 0 Å². The van der Waals surface area contributed by atoms with Crippen molar-refractivity contribution in [2.24, 2.45) is 17.6 Å². The number of rotatable bonds is 5. The van der Waals surface area contributed by atoms with E-state index in [2.05, 4.69) is 24.9 Å². The second kappa shape index (κ2) is 6.58. The molecule has 1 fully saturated rings. The molecule has 3 unspecified atom stereocenters. The normalized spacial score (nSPS) is 25.7. The van der Waals surface area contributed by atoms with Gasteiger partial charge in [0, 0.05) is 24.7 Å². The van der Waals surface area contributed by atoms with Gasteiger partial charge in [0.25, 0.3) is 0 Å². The van der Waals surface area contributed by atoms with Gasteiger partial charge in [-0.25, -0.2) is 0 Å². The molecule has 108 valence electrons. The van der Waals surface area contributed by atoms with E-state index in [1.54, 1.807) is 6.26 Å². The first-order chi connectivity index (χ1) is 9.11. The molecule has 1 aliphatic rings. The Kier molecular flexibility index (Phi) is 5.06. The van der Waals surface area contributed by atoms with Crippen LogP contribution in [0.3, 0.4) is 0 Å². The second-order valence-corrected chi connectivity index (χ2v) is 6.25. The highest BCUT2D eigenvalue weighted by Gasteiger charge is 2.28. The third kappa shape index (κ3) is 3.61. The molecule has 0 aliphatic heterocycles. The van der Waals surface area contributed by atoms with Crippen LogP contribution in [0, 0.1) is 18.8 Å². The van der Waals surface area contributed by atoms with Crippen LogP contribution in [0.15, 0.2) is 16.7 Å². The minimum absolute atomic E-state index is 0.497. The number of nitrogens with zero attached hydrogens (tertiary/aromatic N) is 1. The summed E-state index contributed by atoms with van der Waals surface area (Å²) in [6.07, 6.45) is 7.19. The maximum Gasteiger partial charge on any atom is 0.105 e. The van der Waals surface area contributed by atoms with Crippen LogP contribution in [0.4, 0.5) is 0 Å². The fraction of sp³-hybridized carbons (Fsp3) is 0.750. The summed E-state index contributed by atoms with van der Waals surface area (Å²) in [5.74, 6) is 2.64. The van der Waals surface area contributed by atoms with Crippen LogP contribution in [0.2, 0.25) is 0 Å². The van der Waals surface area contributed by atoms with Gasteiger partial charge < -0.3 is 10.2 Å². The average molecular weight is 264 g/mol. The molecule has 1 aliphatic carbocycles. The Bertz CT molecular complexity index is 388. The van der Waals surface area contributed by atoms with Crippen molar-refractivity contribution in [3.8, 4) is 0 Å². The van der Waals surface area contributed by atoms with Gasteiger partial charge in [-0.15, -0.1) is 0 Å². The summed E-state index contributed by atoms with van der Waals surface area (Å²) in [7, 11) is 2.20. The Morgan fingerprint density at radius 1 is 1.47 bits per heavy atom. The molecule has 1 heterocycles. The first-order valence-electron chi connectivity index (χ1n) is 7.55. The van der Waals surface area contributed by atoms with Crippen molar-refractivity contribution >= 4 is 0 Å². The highest BCUT2D eigenvalue weighted by molar-refractivity contribution is 5.15. The lowest BCUT2D eigenvalue weighted by molar-refractivity contribution is 0.125. The van der Waals surface area contributed by atoms with Gasteiger partial charge in [0.2, 0.25) is 0 Å². The lowest BCUT2D eigenvalue weighted by Crippen LogP contribution is -2.44. The van der Waals surface area contributed by atoms with Crippen molar-refractivity contribution in [2.75, 3.05) is 13.6 Å². The fourth-order valence-electron chi connectivity index (χ4n) is 3.52. The summed E-state index contributed by atoms with van der Waals surface area (Å²) >= 11 is 0. The van der Waals surface area contributed by atoms with Gasteiger partial charge in [0.05, 0.1) is 6.26 Å².